The van der Waals surface area contributed by atoms with Crippen LogP contribution in [0.1, 0.15) is 27.3 Å². The molecular formula is C14H16ClN3O2. The van der Waals surface area contributed by atoms with Gasteiger partial charge in [0.2, 0.25) is 0 Å². The van der Waals surface area contributed by atoms with Crippen molar-refractivity contribution in [3.05, 3.63) is 45.7 Å². The third-order valence-electron chi connectivity index (χ3n) is 3.24. The molecule has 0 fully saturated rings. The number of carbonyl (C=O) groups excluding carboxylic acids is 1. The second-order valence-corrected chi connectivity index (χ2v) is 4.83. The highest BCUT2D eigenvalue weighted by Crippen LogP contribution is 2.25. The molecular weight excluding hydrogens is 278 g/mol. The van der Waals surface area contributed by atoms with Gasteiger partial charge >= 0.3 is 5.97 Å². The Balaban J connectivity index is 2.60. The number of carbonyl (C=O) groups is 1. The molecule has 0 aliphatic heterocycles. The van der Waals surface area contributed by atoms with E-state index >= 15 is 0 Å². The van der Waals surface area contributed by atoms with Crippen LogP contribution in [-0.2, 0) is 11.3 Å². The maximum Gasteiger partial charge on any atom is 0.337 e. The number of nitrogens with zero attached hydrogens (tertiary/aromatic N) is 2. The number of esters is 1. The summed E-state index contributed by atoms with van der Waals surface area (Å²) >= 11 is 6.21. The molecule has 1 aromatic heterocycles. The molecule has 0 radical (unpaired) electrons. The Hall–Kier alpha value is -1.85. The highest BCUT2D eigenvalue weighted by Gasteiger charge is 2.16. The Bertz CT molecular complexity index is 665. The zero-order valence-corrected chi connectivity index (χ0v) is 12.4. The van der Waals surface area contributed by atoms with Crippen molar-refractivity contribution in [2.24, 2.45) is 5.73 Å². The number of aryl methyl sites for hydroxylation is 1. The fraction of sp³-hybridized carbons (Fsp3) is 0.286. The number of methoxy groups -OCH3 is 1. The topological polar surface area (TPSA) is 70.1 Å². The van der Waals surface area contributed by atoms with Crippen molar-refractivity contribution in [1.82, 2.24) is 9.78 Å². The number of benzene rings is 1. The second kappa shape index (κ2) is 5.64. The summed E-state index contributed by atoms with van der Waals surface area (Å²) < 4.78 is 6.42. The van der Waals surface area contributed by atoms with E-state index in [9.17, 15) is 4.79 Å². The highest BCUT2D eigenvalue weighted by atomic mass is 35.5. The van der Waals surface area contributed by atoms with E-state index in [1.807, 2.05) is 13.8 Å². The van der Waals surface area contributed by atoms with Gasteiger partial charge in [-0.05, 0) is 32.0 Å². The van der Waals surface area contributed by atoms with E-state index < -0.39 is 5.97 Å². The summed E-state index contributed by atoms with van der Waals surface area (Å²) in [6, 6.07) is 4.93. The molecule has 1 heterocycles. The molecule has 2 rings (SSSR count). The molecule has 0 aliphatic rings. The number of halogens is 1. The van der Waals surface area contributed by atoms with Crippen molar-refractivity contribution in [3.8, 4) is 5.69 Å². The molecule has 0 saturated carbocycles. The van der Waals surface area contributed by atoms with Gasteiger partial charge in [-0.1, -0.05) is 11.6 Å². The smallest absolute Gasteiger partial charge is 0.337 e. The Morgan fingerprint density at radius 3 is 2.70 bits per heavy atom. The molecule has 0 amide bonds. The van der Waals surface area contributed by atoms with Gasteiger partial charge in [0.15, 0.2) is 0 Å². The molecule has 2 N–H and O–H groups in total. The summed E-state index contributed by atoms with van der Waals surface area (Å²) in [5, 5.41) is 4.94. The molecule has 0 atom stereocenters. The molecule has 0 spiro atoms. The molecule has 5 nitrogen and oxygen atoms in total. The third kappa shape index (κ3) is 2.42. The van der Waals surface area contributed by atoms with E-state index in [1.165, 1.54) is 7.11 Å². The Morgan fingerprint density at radius 1 is 1.45 bits per heavy atom. The Kier molecular flexibility index (Phi) is 4.11. The lowest BCUT2D eigenvalue weighted by atomic mass is 10.2. The van der Waals surface area contributed by atoms with Crippen molar-refractivity contribution < 1.29 is 9.53 Å². The molecule has 0 bridgehead atoms. The lowest BCUT2D eigenvalue weighted by Crippen LogP contribution is -2.06. The number of hydrogen-bond acceptors (Lipinski definition) is 4. The van der Waals surface area contributed by atoms with Crippen LogP contribution in [-0.4, -0.2) is 22.9 Å². The van der Waals surface area contributed by atoms with E-state index in [4.69, 9.17) is 22.1 Å². The second-order valence-electron chi connectivity index (χ2n) is 4.42. The van der Waals surface area contributed by atoms with Gasteiger partial charge in [0.1, 0.15) is 0 Å². The fourth-order valence-electron chi connectivity index (χ4n) is 2.12. The lowest BCUT2D eigenvalue weighted by molar-refractivity contribution is 0.0600. The Morgan fingerprint density at radius 2 is 2.15 bits per heavy atom. The van der Waals surface area contributed by atoms with Crippen LogP contribution in [0.5, 0.6) is 0 Å². The van der Waals surface area contributed by atoms with Gasteiger partial charge in [-0.2, -0.15) is 5.10 Å². The first-order chi connectivity index (χ1) is 9.49. The Labute approximate surface area is 122 Å². The third-order valence-corrected chi connectivity index (χ3v) is 3.56. The zero-order chi connectivity index (χ0) is 14.9. The van der Waals surface area contributed by atoms with E-state index in [0.29, 0.717) is 22.8 Å². The minimum atomic E-state index is -0.413. The van der Waals surface area contributed by atoms with Gasteiger partial charge in [-0.25, -0.2) is 9.48 Å². The monoisotopic (exact) mass is 293 g/mol. The first-order valence-corrected chi connectivity index (χ1v) is 6.50. The van der Waals surface area contributed by atoms with Crippen LogP contribution >= 0.6 is 11.6 Å². The van der Waals surface area contributed by atoms with Gasteiger partial charge in [0.05, 0.1) is 29.1 Å². The molecule has 0 aliphatic carbocycles. The van der Waals surface area contributed by atoms with Crippen molar-refractivity contribution in [2.75, 3.05) is 7.11 Å². The number of aromatic nitrogens is 2. The van der Waals surface area contributed by atoms with Crippen molar-refractivity contribution >= 4 is 17.6 Å². The molecule has 2 aromatic rings. The maximum absolute atomic E-state index is 11.6. The number of nitrogens with two attached hydrogens (primary N) is 1. The van der Waals surface area contributed by atoms with E-state index in [-0.39, 0.29) is 0 Å². The number of rotatable bonds is 3. The maximum atomic E-state index is 11.6. The van der Waals surface area contributed by atoms with E-state index in [1.54, 1.807) is 22.9 Å². The number of hydrogen-bond donors (Lipinski definition) is 1. The first-order valence-electron chi connectivity index (χ1n) is 6.13. The predicted molar refractivity (Wildman–Crippen MR) is 77.3 cm³/mol. The van der Waals surface area contributed by atoms with Gasteiger partial charge in [0.25, 0.3) is 0 Å². The van der Waals surface area contributed by atoms with Gasteiger partial charge < -0.3 is 10.5 Å². The van der Waals surface area contributed by atoms with Crippen molar-refractivity contribution in [1.29, 1.82) is 0 Å². The summed E-state index contributed by atoms with van der Waals surface area (Å²) in [5.74, 6) is -0.413. The average molecular weight is 294 g/mol. The van der Waals surface area contributed by atoms with Gasteiger partial charge in [0, 0.05) is 17.8 Å². The van der Waals surface area contributed by atoms with E-state index in [2.05, 4.69) is 5.10 Å². The van der Waals surface area contributed by atoms with Crippen molar-refractivity contribution in [3.63, 3.8) is 0 Å². The fourth-order valence-corrected chi connectivity index (χ4v) is 2.32. The first kappa shape index (κ1) is 14.6. The molecule has 0 saturated heterocycles. The van der Waals surface area contributed by atoms with Crippen LogP contribution in [0.3, 0.4) is 0 Å². The predicted octanol–water partition coefficient (Wildman–Crippen LogP) is 2.39. The minimum absolute atomic E-state index is 0.409. The van der Waals surface area contributed by atoms with Crippen LogP contribution in [0.4, 0.5) is 0 Å². The molecule has 6 heteroatoms. The highest BCUT2D eigenvalue weighted by molar-refractivity contribution is 6.32. The molecule has 1 aromatic carbocycles. The molecule has 0 unspecified atom stereocenters. The van der Waals surface area contributed by atoms with Crippen LogP contribution in [0.15, 0.2) is 18.2 Å². The van der Waals surface area contributed by atoms with Crippen molar-refractivity contribution in [2.45, 2.75) is 20.4 Å². The SMILES string of the molecule is COC(=O)c1ccc(Cl)c(-n2nc(C)c(CN)c2C)c1. The lowest BCUT2D eigenvalue weighted by Gasteiger charge is -2.09. The van der Waals surface area contributed by atoms with Crippen LogP contribution < -0.4 is 5.73 Å². The molecule has 20 heavy (non-hydrogen) atoms. The van der Waals surface area contributed by atoms with Crippen LogP contribution in [0.25, 0.3) is 5.69 Å². The zero-order valence-electron chi connectivity index (χ0n) is 11.6. The van der Waals surface area contributed by atoms with E-state index in [0.717, 1.165) is 17.0 Å². The van der Waals surface area contributed by atoms with Crippen LogP contribution in [0.2, 0.25) is 5.02 Å². The summed E-state index contributed by atoms with van der Waals surface area (Å²) in [4.78, 5) is 11.6. The standard InChI is InChI=1S/C14H16ClN3O2/c1-8-11(7-16)9(2)18(17-8)13-6-10(14(19)20-3)4-5-12(13)15/h4-6H,7,16H2,1-3H3. The number of ether oxygens (including phenoxy) is 1. The average Bonchev–Trinajstić information content (AvgIpc) is 2.73. The van der Waals surface area contributed by atoms with Gasteiger partial charge in [-0.15, -0.1) is 0 Å². The quantitative estimate of drug-likeness (QED) is 0.882. The van der Waals surface area contributed by atoms with Gasteiger partial charge in [-0.3, -0.25) is 0 Å². The summed E-state index contributed by atoms with van der Waals surface area (Å²) in [5.41, 5.74) is 9.52. The summed E-state index contributed by atoms with van der Waals surface area (Å²) in [6.07, 6.45) is 0. The molecule has 106 valence electrons. The largest absolute Gasteiger partial charge is 0.465 e. The summed E-state index contributed by atoms with van der Waals surface area (Å²) in [6.45, 7) is 4.22. The summed E-state index contributed by atoms with van der Waals surface area (Å²) in [7, 11) is 1.34. The normalized spacial score (nSPS) is 10.7. The van der Waals surface area contributed by atoms with Crippen LogP contribution in [0, 0.1) is 13.8 Å². The minimum Gasteiger partial charge on any atom is -0.465 e.